The normalized spacial score (nSPS) is 14.9. The van der Waals surface area contributed by atoms with Crippen molar-refractivity contribution >= 4 is 6.09 Å². The highest BCUT2D eigenvalue weighted by molar-refractivity contribution is 5.68. The Bertz CT molecular complexity index is 918. The van der Waals surface area contributed by atoms with E-state index in [0.717, 1.165) is 37.1 Å². The molecule has 2 heterocycles. The fourth-order valence-electron chi connectivity index (χ4n) is 4.16. The number of ether oxygens (including phenoxy) is 2. The molecule has 1 amide bonds. The van der Waals surface area contributed by atoms with Gasteiger partial charge in [-0.3, -0.25) is 0 Å². The second-order valence-corrected chi connectivity index (χ2v) is 9.34. The first kappa shape index (κ1) is 24.0. The van der Waals surface area contributed by atoms with E-state index in [1.165, 1.54) is 19.3 Å². The van der Waals surface area contributed by atoms with E-state index in [4.69, 9.17) is 14.5 Å². The summed E-state index contributed by atoms with van der Waals surface area (Å²) in [5, 5.41) is 8.41. The van der Waals surface area contributed by atoms with Crippen LogP contribution >= 0.6 is 0 Å². The van der Waals surface area contributed by atoms with E-state index in [-0.39, 0.29) is 24.3 Å². The van der Waals surface area contributed by atoms with Crippen LogP contribution in [0.15, 0.2) is 12.1 Å². The average molecular weight is 444 g/mol. The van der Waals surface area contributed by atoms with Crippen LogP contribution in [0.25, 0.3) is 11.4 Å². The SMILES string of the molecule is CCCC(C)(C)N(C)C(=O)OCc1c(-c2ccc(OC3CCCCC3)c(C)n2)nnn1C. The Balaban J connectivity index is 1.71. The quantitative estimate of drug-likeness (QED) is 0.568. The lowest BCUT2D eigenvalue weighted by Crippen LogP contribution is -2.45. The number of hydrogen-bond acceptors (Lipinski definition) is 6. The van der Waals surface area contributed by atoms with Crippen LogP contribution in [-0.2, 0) is 18.4 Å². The van der Waals surface area contributed by atoms with Crippen molar-refractivity contribution in [2.45, 2.75) is 90.9 Å². The predicted molar refractivity (Wildman–Crippen MR) is 123 cm³/mol. The van der Waals surface area contributed by atoms with Crippen LogP contribution in [0.3, 0.4) is 0 Å². The summed E-state index contributed by atoms with van der Waals surface area (Å²) >= 11 is 0. The number of carbonyl (C=O) groups is 1. The highest BCUT2D eigenvalue weighted by Gasteiger charge is 2.28. The van der Waals surface area contributed by atoms with Crippen molar-refractivity contribution in [3.8, 4) is 17.1 Å². The lowest BCUT2D eigenvalue weighted by molar-refractivity contribution is 0.0661. The Hall–Kier alpha value is -2.64. The van der Waals surface area contributed by atoms with Gasteiger partial charge in [0.1, 0.15) is 23.7 Å². The number of hydrogen-bond donors (Lipinski definition) is 0. The second kappa shape index (κ2) is 10.3. The average Bonchev–Trinajstić information content (AvgIpc) is 3.14. The van der Waals surface area contributed by atoms with E-state index in [1.54, 1.807) is 23.7 Å². The van der Waals surface area contributed by atoms with E-state index in [0.29, 0.717) is 17.1 Å². The fourth-order valence-corrected chi connectivity index (χ4v) is 4.16. The van der Waals surface area contributed by atoms with Crippen LogP contribution in [0.4, 0.5) is 4.79 Å². The van der Waals surface area contributed by atoms with Gasteiger partial charge in [-0.05, 0) is 65.0 Å². The number of amides is 1. The van der Waals surface area contributed by atoms with Gasteiger partial charge in [-0.2, -0.15) is 0 Å². The van der Waals surface area contributed by atoms with Crippen LogP contribution in [0.2, 0.25) is 0 Å². The zero-order chi connectivity index (χ0) is 23.3. The van der Waals surface area contributed by atoms with Crippen molar-refractivity contribution in [3.05, 3.63) is 23.5 Å². The molecule has 2 aromatic rings. The molecule has 8 nitrogen and oxygen atoms in total. The van der Waals surface area contributed by atoms with Gasteiger partial charge in [0.2, 0.25) is 0 Å². The third kappa shape index (κ3) is 5.58. The molecule has 0 unspecified atom stereocenters. The molecule has 1 aliphatic carbocycles. The van der Waals surface area contributed by atoms with Crippen molar-refractivity contribution in [3.63, 3.8) is 0 Å². The van der Waals surface area contributed by atoms with Crippen molar-refractivity contribution in [2.24, 2.45) is 7.05 Å². The lowest BCUT2D eigenvalue weighted by Gasteiger charge is -2.34. The number of aryl methyl sites for hydroxylation is 2. The van der Waals surface area contributed by atoms with E-state index < -0.39 is 0 Å². The largest absolute Gasteiger partial charge is 0.489 e. The molecule has 0 bridgehead atoms. The van der Waals surface area contributed by atoms with Gasteiger partial charge >= 0.3 is 6.09 Å². The summed E-state index contributed by atoms with van der Waals surface area (Å²) in [4.78, 5) is 19.0. The number of carbonyl (C=O) groups excluding carboxylic acids is 1. The van der Waals surface area contributed by atoms with E-state index in [9.17, 15) is 4.79 Å². The summed E-state index contributed by atoms with van der Waals surface area (Å²) in [6, 6.07) is 3.86. The molecule has 32 heavy (non-hydrogen) atoms. The number of nitrogens with zero attached hydrogens (tertiary/aromatic N) is 5. The van der Waals surface area contributed by atoms with Gasteiger partial charge in [-0.1, -0.05) is 25.0 Å². The molecule has 3 rings (SSSR count). The van der Waals surface area contributed by atoms with Gasteiger partial charge in [-0.25, -0.2) is 14.5 Å². The maximum Gasteiger partial charge on any atom is 0.410 e. The molecule has 2 aromatic heterocycles. The summed E-state index contributed by atoms with van der Waals surface area (Å²) in [5.74, 6) is 0.817. The minimum absolute atomic E-state index is 0.0747. The molecule has 1 aliphatic rings. The molecular formula is C24H37N5O3. The molecule has 1 fully saturated rings. The first-order valence-corrected chi connectivity index (χ1v) is 11.7. The van der Waals surface area contributed by atoms with Crippen molar-refractivity contribution in [1.29, 1.82) is 0 Å². The summed E-state index contributed by atoms with van der Waals surface area (Å²) in [6.07, 6.45) is 7.74. The predicted octanol–water partition coefficient (Wildman–Crippen LogP) is 5.04. The molecule has 1 saturated carbocycles. The maximum absolute atomic E-state index is 12.6. The molecule has 8 heteroatoms. The molecule has 0 radical (unpaired) electrons. The highest BCUT2D eigenvalue weighted by Crippen LogP contribution is 2.28. The monoisotopic (exact) mass is 443 g/mol. The van der Waals surface area contributed by atoms with Gasteiger partial charge in [-0.15, -0.1) is 5.10 Å². The summed E-state index contributed by atoms with van der Waals surface area (Å²) in [7, 11) is 3.56. The maximum atomic E-state index is 12.6. The van der Waals surface area contributed by atoms with Crippen LogP contribution in [0.1, 0.15) is 77.1 Å². The Morgan fingerprint density at radius 3 is 2.62 bits per heavy atom. The molecule has 0 saturated heterocycles. The van der Waals surface area contributed by atoms with Gasteiger partial charge in [0, 0.05) is 19.6 Å². The molecule has 0 N–H and O–H groups in total. The van der Waals surface area contributed by atoms with Crippen LogP contribution in [0.5, 0.6) is 5.75 Å². The van der Waals surface area contributed by atoms with E-state index in [2.05, 4.69) is 17.2 Å². The van der Waals surface area contributed by atoms with Gasteiger partial charge in [0.05, 0.1) is 17.5 Å². The first-order chi connectivity index (χ1) is 15.2. The third-order valence-corrected chi connectivity index (χ3v) is 6.44. The summed E-state index contributed by atoms with van der Waals surface area (Å²) < 4.78 is 13.4. The second-order valence-electron chi connectivity index (χ2n) is 9.34. The fraction of sp³-hybridized carbons (Fsp3) is 0.667. The third-order valence-electron chi connectivity index (χ3n) is 6.44. The minimum Gasteiger partial charge on any atom is -0.489 e. The Labute approximate surface area is 191 Å². The minimum atomic E-state index is -0.365. The smallest absolute Gasteiger partial charge is 0.410 e. The highest BCUT2D eigenvalue weighted by atomic mass is 16.6. The van der Waals surface area contributed by atoms with E-state index >= 15 is 0 Å². The first-order valence-electron chi connectivity index (χ1n) is 11.7. The number of aromatic nitrogens is 4. The van der Waals surface area contributed by atoms with Gasteiger partial charge in [0.25, 0.3) is 0 Å². The van der Waals surface area contributed by atoms with Crippen LogP contribution < -0.4 is 4.74 Å². The van der Waals surface area contributed by atoms with Gasteiger partial charge in [0.15, 0.2) is 0 Å². The zero-order valence-electron chi connectivity index (χ0n) is 20.3. The summed E-state index contributed by atoms with van der Waals surface area (Å²) in [6.45, 7) is 8.21. The Kier molecular flexibility index (Phi) is 7.74. The molecule has 0 aromatic carbocycles. The number of pyridine rings is 1. The Morgan fingerprint density at radius 1 is 1.25 bits per heavy atom. The lowest BCUT2D eigenvalue weighted by atomic mass is 9.98. The van der Waals surface area contributed by atoms with Crippen molar-refractivity contribution in [2.75, 3.05) is 7.05 Å². The Morgan fingerprint density at radius 2 is 1.97 bits per heavy atom. The molecule has 0 spiro atoms. The van der Waals surface area contributed by atoms with Crippen LogP contribution in [0, 0.1) is 6.92 Å². The number of rotatable bonds is 8. The molecule has 0 atom stereocenters. The molecular weight excluding hydrogens is 406 g/mol. The van der Waals surface area contributed by atoms with Crippen molar-refractivity contribution in [1.82, 2.24) is 24.9 Å². The summed E-state index contributed by atoms with van der Waals surface area (Å²) in [5.41, 5.74) is 2.56. The van der Waals surface area contributed by atoms with Crippen molar-refractivity contribution < 1.29 is 14.3 Å². The topological polar surface area (TPSA) is 82.4 Å². The molecule has 0 aliphatic heterocycles. The zero-order valence-corrected chi connectivity index (χ0v) is 20.3. The van der Waals surface area contributed by atoms with Crippen LogP contribution in [-0.4, -0.2) is 49.7 Å². The van der Waals surface area contributed by atoms with Gasteiger partial charge < -0.3 is 14.4 Å². The standard InChI is InChI=1S/C24H37N5O3/c1-7-15-24(3,4)28(5)23(30)31-16-20-22(26-27-29(20)6)19-13-14-21(17(2)25-19)32-18-11-9-8-10-12-18/h13-14,18H,7-12,15-16H2,1-6H3. The van der Waals surface area contributed by atoms with E-state index in [1.807, 2.05) is 32.9 Å². The molecule has 176 valence electrons.